The summed E-state index contributed by atoms with van der Waals surface area (Å²) in [6, 6.07) is 2.01. The van der Waals surface area contributed by atoms with Crippen LogP contribution >= 0.6 is 0 Å². The fraction of sp³-hybridized carbons (Fsp3) is 0.833. The van der Waals surface area contributed by atoms with Crippen molar-refractivity contribution in [3.63, 3.8) is 0 Å². The zero-order chi connectivity index (χ0) is 11.5. The maximum atomic E-state index is 11.8. The molecule has 0 spiro atoms. The van der Waals surface area contributed by atoms with Crippen LogP contribution in [-0.2, 0) is 4.79 Å². The van der Waals surface area contributed by atoms with Crippen molar-refractivity contribution in [3.05, 3.63) is 0 Å². The molecule has 1 rings (SSSR count). The van der Waals surface area contributed by atoms with E-state index in [1.165, 1.54) is 0 Å². The third-order valence-electron chi connectivity index (χ3n) is 3.22. The van der Waals surface area contributed by atoms with Crippen molar-refractivity contribution in [1.82, 2.24) is 4.90 Å². The molecule has 84 valence electrons. The Hall–Kier alpha value is -1.04. The van der Waals surface area contributed by atoms with Gasteiger partial charge in [-0.05, 0) is 31.6 Å². The van der Waals surface area contributed by atoms with Crippen LogP contribution in [0.25, 0.3) is 0 Å². The zero-order valence-corrected chi connectivity index (χ0v) is 9.92. The summed E-state index contributed by atoms with van der Waals surface area (Å²) in [6.07, 6.45) is 3.26. The minimum atomic E-state index is -0.494. The summed E-state index contributed by atoms with van der Waals surface area (Å²) in [4.78, 5) is 13.6. The van der Waals surface area contributed by atoms with Gasteiger partial charge < -0.3 is 4.90 Å². The molecular weight excluding hydrogens is 188 g/mol. The molecule has 1 unspecified atom stereocenters. The van der Waals surface area contributed by atoms with Crippen molar-refractivity contribution >= 4 is 5.91 Å². The number of carbonyl (C=O) groups is 1. The standard InChI is InChI=1S/C12H20N2O/c1-10(9-13)11(15)14-7-4-5-12(2,3)6-8-14/h10H,4-8H2,1-3H3. The average molecular weight is 208 g/mol. The van der Waals surface area contributed by atoms with Crippen LogP contribution in [-0.4, -0.2) is 23.9 Å². The fourth-order valence-corrected chi connectivity index (χ4v) is 1.97. The molecule has 3 nitrogen and oxygen atoms in total. The minimum Gasteiger partial charge on any atom is -0.342 e. The maximum absolute atomic E-state index is 11.8. The molecule has 0 saturated carbocycles. The van der Waals surface area contributed by atoms with Crippen LogP contribution in [0.15, 0.2) is 0 Å². The van der Waals surface area contributed by atoms with E-state index in [9.17, 15) is 4.79 Å². The van der Waals surface area contributed by atoms with Gasteiger partial charge in [0.15, 0.2) is 0 Å². The Kier molecular flexibility index (Phi) is 3.73. The Labute approximate surface area is 92.1 Å². The lowest BCUT2D eigenvalue weighted by Crippen LogP contribution is -2.35. The number of hydrogen-bond acceptors (Lipinski definition) is 2. The molecule has 1 fully saturated rings. The normalized spacial score (nSPS) is 22.7. The van der Waals surface area contributed by atoms with Crippen LogP contribution in [0.1, 0.15) is 40.0 Å². The zero-order valence-electron chi connectivity index (χ0n) is 9.92. The second-order valence-corrected chi connectivity index (χ2v) is 5.19. The Morgan fingerprint density at radius 3 is 2.67 bits per heavy atom. The van der Waals surface area contributed by atoms with Crippen LogP contribution in [0.3, 0.4) is 0 Å². The molecule has 1 atom stereocenters. The van der Waals surface area contributed by atoms with Crippen molar-refractivity contribution in [1.29, 1.82) is 5.26 Å². The molecule has 1 aliphatic rings. The highest BCUT2D eigenvalue weighted by atomic mass is 16.2. The molecule has 1 aliphatic heterocycles. The van der Waals surface area contributed by atoms with Crippen LogP contribution in [0.4, 0.5) is 0 Å². The van der Waals surface area contributed by atoms with E-state index in [2.05, 4.69) is 13.8 Å². The first-order valence-corrected chi connectivity index (χ1v) is 5.65. The van der Waals surface area contributed by atoms with E-state index in [4.69, 9.17) is 5.26 Å². The van der Waals surface area contributed by atoms with Crippen molar-refractivity contribution in [2.75, 3.05) is 13.1 Å². The Morgan fingerprint density at radius 1 is 1.40 bits per heavy atom. The summed E-state index contributed by atoms with van der Waals surface area (Å²) in [5.74, 6) is -0.499. The van der Waals surface area contributed by atoms with Crippen LogP contribution in [0, 0.1) is 22.7 Å². The van der Waals surface area contributed by atoms with Gasteiger partial charge in [-0.25, -0.2) is 0 Å². The minimum absolute atomic E-state index is 0.00444. The highest BCUT2D eigenvalue weighted by Crippen LogP contribution is 2.30. The number of rotatable bonds is 1. The predicted molar refractivity (Wildman–Crippen MR) is 59.0 cm³/mol. The second kappa shape index (κ2) is 4.65. The lowest BCUT2D eigenvalue weighted by molar-refractivity contribution is -0.133. The summed E-state index contributed by atoms with van der Waals surface area (Å²) < 4.78 is 0. The monoisotopic (exact) mass is 208 g/mol. The van der Waals surface area contributed by atoms with Crippen LogP contribution in [0.5, 0.6) is 0 Å². The quantitative estimate of drug-likeness (QED) is 0.663. The first-order valence-electron chi connectivity index (χ1n) is 5.65. The Bertz CT molecular complexity index is 278. The van der Waals surface area contributed by atoms with Gasteiger partial charge >= 0.3 is 0 Å². The van der Waals surface area contributed by atoms with Crippen molar-refractivity contribution in [3.8, 4) is 6.07 Å². The molecular formula is C12H20N2O. The SMILES string of the molecule is CC(C#N)C(=O)N1CCCC(C)(C)CC1. The van der Waals surface area contributed by atoms with Gasteiger partial charge in [-0.1, -0.05) is 13.8 Å². The van der Waals surface area contributed by atoms with Gasteiger partial charge in [0.25, 0.3) is 0 Å². The van der Waals surface area contributed by atoms with E-state index in [0.717, 1.165) is 32.4 Å². The number of likely N-dealkylation sites (tertiary alicyclic amines) is 1. The number of nitrogens with zero attached hydrogens (tertiary/aromatic N) is 2. The van der Waals surface area contributed by atoms with Gasteiger partial charge in [0.1, 0.15) is 5.92 Å². The molecule has 0 aliphatic carbocycles. The molecule has 3 heteroatoms. The molecule has 1 saturated heterocycles. The molecule has 0 aromatic carbocycles. The number of hydrogen-bond donors (Lipinski definition) is 0. The van der Waals surface area contributed by atoms with Gasteiger partial charge in [-0.3, -0.25) is 4.79 Å². The maximum Gasteiger partial charge on any atom is 0.239 e. The summed E-state index contributed by atoms with van der Waals surface area (Å²) in [7, 11) is 0. The molecule has 0 N–H and O–H groups in total. The molecule has 0 aromatic rings. The highest BCUT2D eigenvalue weighted by Gasteiger charge is 2.27. The number of carbonyl (C=O) groups excluding carboxylic acids is 1. The van der Waals surface area contributed by atoms with Crippen molar-refractivity contribution in [2.24, 2.45) is 11.3 Å². The summed E-state index contributed by atoms with van der Waals surface area (Å²) in [5.41, 5.74) is 0.338. The smallest absolute Gasteiger partial charge is 0.239 e. The van der Waals surface area contributed by atoms with E-state index < -0.39 is 5.92 Å². The summed E-state index contributed by atoms with van der Waals surface area (Å²) in [6.45, 7) is 7.79. The molecule has 15 heavy (non-hydrogen) atoms. The van der Waals surface area contributed by atoms with Gasteiger partial charge in [-0.2, -0.15) is 5.26 Å². The Morgan fingerprint density at radius 2 is 2.07 bits per heavy atom. The van der Waals surface area contributed by atoms with Gasteiger partial charge in [-0.15, -0.1) is 0 Å². The third-order valence-corrected chi connectivity index (χ3v) is 3.22. The largest absolute Gasteiger partial charge is 0.342 e. The van der Waals surface area contributed by atoms with E-state index in [-0.39, 0.29) is 5.91 Å². The summed E-state index contributed by atoms with van der Waals surface area (Å²) >= 11 is 0. The number of amides is 1. The second-order valence-electron chi connectivity index (χ2n) is 5.19. The average Bonchev–Trinajstić information content (AvgIpc) is 2.37. The topological polar surface area (TPSA) is 44.1 Å². The molecule has 1 heterocycles. The third kappa shape index (κ3) is 3.23. The summed E-state index contributed by atoms with van der Waals surface area (Å²) in [5, 5.41) is 8.71. The van der Waals surface area contributed by atoms with Crippen molar-refractivity contribution < 1.29 is 4.79 Å². The predicted octanol–water partition coefficient (Wildman–Crippen LogP) is 2.18. The van der Waals surface area contributed by atoms with E-state index >= 15 is 0 Å². The van der Waals surface area contributed by atoms with Crippen LogP contribution in [0.2, 0.25) is 0 Å². The first-order chi connectivity index (χ1) is 6.96. The van der Waals surface area contributed by atoms with E-state index in [1.807, 2.05) is 11.0 Å². The lowest BCUT2D eigenvalue weighted by Gasteiger charge is -2.24. The first kappa shape index (κ1) is 12.0. The fourth-order valence-electron chi connectivity index (χ4n) is 1.97. The number of nitriles is 1. The molecule has 0 aromatic heterocycles. The van der Waals surface area contributed by atoms with Gasteiger partial charge in [0.2, 0.25) is 5.91 Å². The Balaban J connectivity index is 2.59. The van der Waals surface area contributed by atoms with Crippen molar-refractivity contribution in [2.45, 2.75) is 40.0 Å². The lowest BCUT2D eigenvalue weighted by atomic mass is 9.85. The highest BCUT2D eigenvalue weighted by molar-refractivity contribution is 5.80. The molecule has 0 radical (unpaired) electrons. The molecule has 0 bridgehead atoms. The van der Waals surface area contributed by atoms with Gasteiger partial charge in [0, 0.05) is 13.1 Å². The van der Waals surface area contributed by atoms with Gasteiger partial charge in [0.05, 0.1) is 6.07 Å². The molecule has 1 amide bonds. The van der Waals surface area contributed by atoms with Crippen LogP contribution < -0.4 is 0 Å². The van der Waals surface area contributed by atoms with E-state index in [1.54, 1.807) is 6.92 Å². The van der Waals surface area contributed by atoms with E-state index in [0.29, 0.717) is 5.41 Å².